The maximum atomic E-state index is 7.64. The van der Waals surface area contributed by atoms with Crippen molar-refractivity contribution in [3.63, 3.8) is 0 Å². The Morgan fingerprint density at radius 1 is 0.373 bits per heavy atom. The van der Waals surface area contributed by atoms with Crippen molar-refractivity contribution >= 4 is 66.4 Å². The fraction of sp³-hybridized carbons (Fsp3) is 0.179. The molecule has 7 heteroatoms. The average Bonchev–Trinajstić information content (AvgIpc) is 1.51. The number of hydrogen-bond acceptors (Lipinski definition) is 4. The van der Waals surface area contributed by atoms with Gasteiger partial charge in [-0.2, -0.15) is 6.07 Å². The summed E-state index contributed by atoms with van der Waals surface area (Å²) in [4.78, 5) is 9.97. The molecule has 506 valence electrons. The Bertz CT molecular complexity index is 5600. The van der Waals surface area contributed by atoms with Gasteiger partial charge in [0.1, 0.15) is 5.82 Å². The Morgan fingerprint density at radius 2 is 0.863 bits per heavy atom. The van der Waals surface area contributed by atoms with Crippen molar-refractivity contribution in [1.29, 1.82) is 0 Å². The van der Waals surface area contributed by atoms with Gasteiger partial charge in [-0.3, -0.25) is 0 Å². The summed E-state index contributed by atoms with van der Waals surface area (Å²) in [6.45, 7) is 30.1. The molecule has 0 radical (unpaired) electrons. The summed E-state index contributed by atoms with van der Waals surface area (Å²) in [5.74, 6) is 1.91. The van der Waals surface area contributed by atoms with Crippen LogP contribution in [0.25, 0.3) is 88.5 Å². The van der Waals surface area contributed by atoms with E-state index in [0.29, 0.717) is 11.5 Å². The van der Waals surface area contributed by atoms with Crippen LogP contribution in [0.4, 0.5) is 22.7 Å². The molecule has 0 bridgehead atoms. The van der Waals surface area contributed by atoms with Crippen LogP contribution in [0.2, 0.25) is 0 Å². The number of aromatic nitrogens is 3. The van der Waals surface area contributed by atoms with Crippen LogP contribution < -0.4 is 14.5 Å². The minimum absolute atomic E-state index is 0. The number of hydrogen-bond donors (Lipinski definition) is 0. The van der Waals surface area contributed by atoms with Crippen LogP contribution in [-0.4, -0.2) is 14.1 Å². The van der Waals surface area contributed by atoms with Crippen molar-refractivity contribution in [2.75, 3.05) is 9.80 Å². The van der Waals surface area contributed by atoms with Gasteiger partial charge in [-0.05, 0) is 149 Å². The molecule has 0 saturated heterocycles. The first-order chi connectivity index (χ1) is 48.6. The second-order valence-electron chi connectivity index (χ2n) is 31.8. The molecule has 2 aliphatic rings. The molecule has 1 aliphatic carbocycles. The van der Waals surface area contributed by atoms with Crippen molar-refractivity contribution in [1.82, 2.24) is 14.1 Å². The van der Waals surface area contributed by atoms with Crippen molar-refractivity contribution in [3.8, 4) is 56.4 Å². The van der Waals surface area contributed by atoms with E-state index in [0.717, 1.165) is 94.9 Å². The molecule has 0 spiro atoms. The molecule has 0 unspecified atom stereocenters. The third-order valence-corrected chi connectivity index (χ3v) is 21.1. The molecule has 12 aromatic carbocycles. The Hall–Kier alpha value is -10.5. The predicted molar refractivity (Wildman–Crippen MR) is 422 cm³/mol. The third kappa shape index (κ3) is 11.0. The van der Waals surface area contributed by atoms with Crippen molar-refractivity contribution in [3.05, 3.63) is 336 Å². The molecule has 0 amide bonds. The zero-order valence-electron chi connectivity index (χ0n) is 60.0. The molecular weight excluding hydrogens is 1420 g/mol. The van der Waals surface area contributed by atoms with Gasteiger partial charge in [0.15, 0.2) is 0 Å². The van der Waals surface area contributed by atoms with Gasteiger partial charge >= 0.3 is 0 Å². The summed E-state index contributed by atoms with van der Waals surface area (Å²) in [7, 11) is 0. The van der Waals surface area contributed by atoms with E-state index in [4.69, 9.17) is 9.72 Å². The average molecular weight is 1500 g/mol. The summed E-state index contributed by atoms with van der Waals surface area (Å²) in [5, 5.41) is 4.56. The van der Waals surface area contributed by atoms with Gasteiger partial charge in [0.25, 0.3) is 0 Å². The number of ether oxygens (including phenoxy) is 1. The van der Waals surface area contributed by atoms with Gasteiger partial charge in [-0.15, -0.1) is 53.6 Å². The zero-order chi connectivity index (χ0) is 69.5. The number of pyridine rings is 1. The Kier molecular flexibility index (Phi) is 16.0. The number of fused-ring (bicyclic) bond motifs is 10. The molecule has 1 aliphatic heterocycles. The van der Waals surface area contributed by atoms with Gasteiger partial charge in [-0.1, -0.05) is 271 Å². The van der Waals surface area contributed by atoms with Crippen LogP contribution in [0.5, 0.6) is 11.5 Å². The molecule has 0 atom stereocenters. The second kappa shape index (κ2) is 24.6. The molecule has 17 rings (SSSR count). The fourth-order valence-electron chi connectivity index (χ4n) is 15.8. The van der Waals surface area contributed by atoms with Crippen LogP contribution in [-0.2, 0) is 48.1 Å². The third-order valence-electron chi connectivity index (χ3n) is 21.1. The first-order valence-corrected chi connectivity index (χ1v) is 35.5. The molecule has 15 aromatic rings. The van der Waals surface area contributed by atoms with Crippen molar-refractivity contribution in [2.24, 2.45) is 0 Å². The van der Waals surface area contributed by atoms with E-state index in [9.17, 15) is 0 Å². The number of anilines is 4. The summed E-state index contributed by atoms with van der Waals surface area (Å²) in [5.41, 5.74) is 24.4. The van der Waals surface area contributed by atoms with Gasteiger partial charge in [0, 0.05) is 94.3 Å². The maximum absolute atomic E-state index is 7.64. The van der Waals surface area contributed by atoms with E-state index in [1.807, 2.05) is 6.20 Å². The van der Waals surface area contributed by atoms with E-state index < -0.39 is 5.41 Å². The number of nitrogens with zero attached hydrogens (tertiary/aromatic N) is 5. The summed E-state index contributed by atoms with van der Waals surface area (Å²) in [6, 6.07) is 107. The topological polar surface area (TPSA) is 38.5 Å². The smallest absolute Gasteiger partial charge is 0.135 e. The Balaban J connectivity index is 0.00000805. The largest absolute Gasteiger partial charge is 0.509 e. The summed E-state index contributed by atoms with van der Waals surface area (Å²) in [6.07, 6.45) is 1.95. The first-order valence-electron chi connectivity index (χ1n) is 35.5. The quantitative estimate of drug-likeness (QED) is 0.128. The standard InChI is InChI=1S/C95H82N5O.Pt/c1-91(2,3)63-47-48-96-89(56-63)100-87-58-69(99-83-39-25-21-35-75(83)76-36-22-26-40-84(76)99)43-45-77(87)78-46-44-71(59-88(78)100)101-72-53-68(95(67-50-64(92(4,5)6)49-65(51-67)93(7,8)9)81-37-23-19-33-73(81)74-34-20-24-38-82(74)95)52-70(57-72)97-60-98(86-42-28-27-41-85(86)97)90-79(61-29-15-13-16-30-61)54-66(94(10,11)12)55-80(90)62-31-17-14-18-32-62;/h13-56,58,60H,1-12H3;/q-3;. The van der Waals surface area contributed by atoms with E-state index in [-0.39, 0.29) is 42.7 Å². The zero-order valence-corrected chi connectivity index (χ0v) is 62.3. The van der Waals surface area contributed by atoms with Crippen LogP contribution in [0.1, 0.15) is 128 Å². The van der Waals surface area contributed by atoms with Crippen molar-refractivity contribution < 1.29 is 25.8 Å². The van der Waals surface area contributed by atoms with E-state index in [1.165, 1.54) is 60.8 Å². The van der Waals surface area contributed by atoms with Crippen LogP contribution in [0.15, 0.2) is 273 Å². The number of benzene rings is 12. The normalized spacial score (nSPS) is 13.6. The fourth-order valence-corrected chi connectivity index (χ4v) is 15.8. The maximum Gasteiger partial charge on any atom is 0.135 e. The predicted octanol–water partition coefficient (Wildman–Crippen LogP) is 25.0. The van der Waals surface area contributed by atoms with Gasteiger partial charge in [-0.25, -0.2) is 4.98 Å². The van der Waals surface area contributed by atoms with Crippen molar-refractivity contribution in [2.45, 2.75) is 110 Å². The molecule has 4 heterocycles. The summed E-state index contributed by atoms with van der Waals surface area (Å²) >= 11 is 0. The SMILES string of the molecule is CC(C)(C)c1cc(C(C)(C)C)cc(C2(c3cc(Oc4[c-]c5c(cc4)c4ccc(-n6c7ccccc7c7ccccc76)cc4n5-c4cc(C(C)(C)C)ccn4)[c-]c(N4[CH-]N(c5c(-c6ccccc6)cc(C(C)(C)C)cc5-c5ccccc5)c5ccccc54)c3)c3ccccc3-c3ccccc32)c1.[Pt]. The Labute approximate surface area is 614 Å². The van der Waals surface area contributed by atoms with E-state index in [2.05, 4.69) is 388 Å². The molecule has 3 aromatic heterocycles. The minimum Gasteiger partial charge on any atom is -0.509 e. The molecule has 102 heavy (non-hydrogen) atoms. The first kappa shape index (κ1) is 66.1. The van der Waals surface area contributed by atoms with Gasteiger partial charge in [0.05, 0.1) is 11.0 Å². The second-order valence-corrected chi connectivity index (χ2v) is 31.8. The Morgan fingerprint density at radius 3 is 1.44 bits per heavy atom. The number of para-hydroxylation sites is 4. The summed E-state index contributed by atoms with van der Waals surface area (Å²) < 4.78 is 12.3. The van der Waals surface area contributed by atoms with Crippen LogP contribution in [0, 0.1) is 18.8 Å². The molecule has 0 N–H and O–H groups in total. The van der Waals surface area contributed by atoms with Crippen LogP contribution >= 0.6 is 0 Å². The molecule has 0 saturated carbocycles. The molecule has 0 fully saturated rings. The monoisotopic (exact) mass is 1500 g/mol. The van der Waals surface area contributed by atoms with Crippen LogP contribution in [0.3, 0.4) is 0 Å². The van der Waals surface area contributed by atoms with E-state index in [1.54, 1.807) is 0 Å². The minimum atomic E-state index is -0.850. The molecular formula is C95H82N5OPt-3. The number of rotatable bonds is 10. The van der Waals surface area contributed by atoms with Gasteiger partial charge < -0.3 is 23.7 Å². The molecule has 6 nitrogen and oxygen atoms in total. The van der Waals surface area contributed by atoms with Gasteiger partial charge in [0.2, 0.25) is 0 Å². The van der Waals surface area contributed by atoms with E-state index >= 15 is 0 Å².